The number of carbonyl (C=O) groups is 1. The Morgan fingerprint density at radius 3 is 2.64 bits per heavy atom. The summed E-state index contributed by atoms with van der Waals surface area (Å²) in [5.41, 5.74) is 0. The number of carbonyl (C=O) groups excluding carboxylic acids is 1. The Balaban J connectivity index is 2.02. The molecule has 2 aliphatic rings. The van der Waals surface area contributed by atoms with Gasteiger partial charge in [-0.3, -0.25) is 4.79 Å². The highest BCUT2D eigenvalue weighted by molar-refractivity contribution is 5.73. The Morgan fingerprint density at radius 1 is 1.36 bits per heavy atom. The smallest absolute Gasteiger partial charge is 0.308 e. The quantitative estimate of drug-likeness (QED) is 0.536. The van der Waals surface area contributed by atoms with E-state index >= 15 is 0 Å². The first-order valence-electron chi connectivity index (χ1n) is 4.39. The first-order chi connectivity index (χ1) is 5.31. The molecule has 2 fully saturated rings. The van der Waals surface area contributed by atoms with Gasteiger partial charge in [0.15, 0.2) is 0 Å². The molecular formula is C9H14O2. The summed E-state index contributed by atoms with van der Waals surface area (Å²) in [6, 6.07) is 0. The Morgan fingerprint density at radius 2 is 2.18 bits per heavy atom. The number of ether oxygens (including phenoxy) is 1. The second-order valence-corrected chi connectivity index (χ2v) is 3.80. The Kier molecular flexibility index (Phi) is 1.63. The van der Waals surface area contributed by atoms with E-state index < -0.39 is 0 Å². The van der Waals surface area contributed by atoms with Crippen LogP contribution in [0.25, 0.3) is 0 Å². The number of rotatable bonds is 1. The molecule has 0 aromatic rings. The summed E-state index contributed by atoms with van der Waals surface area (Å²) in [4.78, 5) is 11.2. The molecule has 2 heteroatoms. The van der Waals surface area contributed by atoms with Gasteiger partial charge in [-0.1, -0.05) is 6.42 Å². The van der Waals surface area contributed by atoms with E-state index in [4.69, 9.17) is 4.74 Å². The van der Waals surface area contributed by atoms with Gasteiger partial charge in [0.25, 0.3) is 0 Å². The summed E-state index contributed by atoms with van der Waals surface area (Å²) in [6.07, 6.45) is 4.97. The molecule has 0 aromatic carbocycles. The van der Waals surface area contributed by atoms with Crippen LogP contribution in [0.4, 0.5) is 0 Å². The fourth-order valence-electron chi connectivity index (χ4n) is 2.68. The molecule has 2 nitrogen and oxygen atoms in total. The SMILES string of the molecule is COC(=O)[C@H]1C[C@H]2CC[C@H]1C2. The average molecular weight is 154 g/mol. The first-order valence-corrected chi connectivity index (χ1v) is 4.39. The van der Waals surface area contributed by atoms with Crippen molar-refractivity contribution in [1.29, 1.82) is 0 Å². The molecule has 2 saturated carbocycles. The maximum absolute atomic E-state index is 11.2. The second kappa shape index (κ2) is 2.50. The molecule has 62 valence electrons. The van der Waals surface area contributed by atoms with E-state index in [0.717, 1.165) is 12.3 Å². The lowest BCUT2D eigenvalue weighted by Crippen LogP contribution is -2.21. The Bertz CT molecular complexity index is 176. The summed E-state index contributed by atoms with van der Waals surface area (Å²) in [7, 11) is 1.49. The molecule has 2 bridgehead atoms. The highest BCUT2D eigenvalue weighted by atomic mass is 16.5. The van der Waals surface area contributed by atoms with E-state index in [-0.39, 0.29) is 11.9 Å². The van der Waals surface area contributed by atoms with Gasteiger partial charge in [0.1, 0.15) is 0 Å². The Labute approximate surface area is 66.9 Å². The van der Waals surface area contributed by atoms with Crippen LogP contribution in [0.3, 0.4) is 0 Å². The third-order valence-electron chi connectivity index (χ3n) is 3.24. The molecule has 11 heavy (non-hydrogen) atoms. The van der Waals surface area contributed by atoms with Crippen LogP contribution in [0.1, 0.15) is 25.7 Å². The normalized spacial score (nSPS) is 41.0. The van der Waals surface area contributed by atoms with Gasteiger partial charge >= 0.3 is 5.97 Å². The van der Waals surface area contributed by atoms with Crippen LogP contribution in [0, 0.1) is 17.8 Å². The lowest BCUT2D eigenvalue weighted by atomic mass is 9.89. The molecule has 0 saturated heterocycles. The summed E-state index contributed by atoms with van der Waals surface area (Å²) < 4.78 is 4.75. The van der Waals surface area contributed by atoms with Gasteiger partial charge in [-0.05, 0) is 31.1 Å². The minimum atomic E-state index is 0.0252. The van der Waals surface area contributed by atoms with E-state index in [0.29, 0.717) is 5.92 Å². The lowest BCUT2D eigenvalue weighted by Gasteiger charge is -2.18. The van der Waals surface area contributed by atoms with Crippen LogP contribution in [0.15, 0.2) is 0 Å². The van der Waals surface area contributed by atoms with Crippen molar-refractivity contribution in [3.05, 3.63) is 0 Å². The van der Waals surface area contributed by atoms with E-state index in [1.54, 1.807) is 0 Å². The molecule has 0 spiro atoms. The van der Waals surface area contributed by atoms with Crippen molar-refractivity contribution >= 4 is 5.97 Å². The largest absolute Gasteiger partial charge is 0.469 e. The van der Waals surface area contributed by atoms with Gasteiger partial charge in [-0.25, -0.2) is 0 Å². The zero-order chi connectivity index (χ0) is 7.84. The molecule has 2 aliphatic carbocycles. The average Bonchev–Trinajstić information content (AvgIpc) is 2.62. The van der Waals surface area contributed by atoms with Crippen LogP contribution in [0.2, 0.25) is 0 Å². The topological polar surface area (TPSA) is 26.3 Å². The minimum Gasteiger partial charge on any atom is -0.469 e. The molecule has 0 N–H and O–H groups in total. The van der Waals surface area contributed by atoms with E-state index in [1.807, 2.05) is 0 Å². The monoisotopic (exact) mass is 154 g/mol. The molecule has 0 unspecified atom stereocenters. The second-order valence-electron chi connectivity index (χ2n) is 3.80. The first kappa shape index (κ1) is 7.14. The third-order valence-corrected chi connectivity index (χ3v) is 3.24. The zero-order valence-electron chi connectivity index (χ0n) is 6.88. The van der Waals surface area contributed by atoms with Crippen molar-refractivity contribution in [1.82, 2.24) is 0 Å². The number of fused-ring (bicyclic) bond motifs is 2. The van der Waals surface area contributed by atoms with E-state index in [2.05, 4.69) is 0 Å². The van der Waals surface area contributed by atoms with Crippen molar-refractivity contribution < 1.29 is 9.53 Å². The van der Waals surface area contributed by atoms with Gasteiger partial charge in [-0.2, -0.15) is 0 Å². The van der Waals surface area contributed by atoms with E-state index in [9.17, 15) is 4.79 Å². The van der Waals surface area contributed by atoms with Crippen LogP contribution in [-0.4, -0.2) is 13.1 Å². The number of hydrogen-bond acceptors (Lipinski definition) is 2. The molecular weight excluding hydrogens is 140 g/mol. The minimum absolute atomic E-state index is 0.0252. The molecule has 2 rings (SSSR count). The predicted octanol–water partition coefficient (Wildman–Crippen LogP) is 1.60. The molecule has 0 aromatic heterocycles. The summed E-state index contributed by atoms with van der Waals surface area (Å²) in [6.45, 7) is 0. The standard InChI is InChI=1S/C9H14O2/c1-11-9(10)8-5-6-2-3-7(8)4-6/h6-8H,2-5H2,1H3/t6-,7-,8-/m0/s1. The van der Waals surface area contributed by atoms with Crippen LogP contribution in [0.5, 0.6) is 0 Å². The van der Waals surface area contributed by atoms with Crippen molar-refractivity contribution in [2.24, 2.45) is 17.8 Å². The summed E-state index contributed by atoms with van der Waals surface area (Å²) in [5.74, 6) is 1.77. The molecule has 0 amide bonds. The molecule has 0 aliphatic heterocycles. The van der Waals surface area contributed by atoms with Crippen molar-refractivity contribution in [3.63, 3.8) is 0 Å². The van der Waals surface area contributed by atoms with Crippen LogP contribution >= 0.6 is 0 Å². The van der Waals surface area contributed by atoms with Gasteiger partial charge in [0, 0.05) is 0 Å². The molecule has 3 atom stereocenters. The highest BCUT2D eigenvalue weighted by Crippen LogP contribution is 2.48. The summed E-state index contributed by atoms with van der Waals surface area (Å²) in [5, 5.41) is 0. The molecule has 0 radical (unpaired) electrons. The van der Waals surface area contributed by atoms with Crippen molar-refractivity contribution in [2.75, 3.05) is 7.11 Å². The Hall–Kier alpha value is -0.530. The zero-order valence-corrected chi connectivity index (χ0v) is 6.88. The van der Waals surface area contributed by atoms with Crippen molar-refractivity contribution in [2.45, 2.75) is 25.7 Å². The predicted molar refractivity (Wildman–Crippen MR) is 41.0 cm³/mol. The van der Waals surface area contributed by atoms with Gasteiger partial charge < -0.3 is 4.74 Å². The number of methoxy groups -OCH3 is 1. The highest BCUT2D eigenvalue weighted by Gasteiger charge is 2.43. The van der Waals surface area contributed by atoms with Crippen LogP contribution in [-0.2, 0) is 9.53 Å². The van der Waals surface area contributed by atoms with Gasteiger partial charge in [0.05, 0.1) is 13.0 Å². The van der Waals surface area contributed by atoms with Gasteiger partial charge in [0.2, 0.25) is 0 Å². The molecule has 0 heterocycles. The fraction of sp³-hybridized carbons (Fsp3) is 0.889. The number of hydrogen-bond donors (Lipinski definition) is 0. The summed E-state index contributed by atoms with van der Waals surface area (Å²) >= 11 is 0. The number of esters is 1. The maximum atomic E-state index is 11.2. The third kappa shape index (κ3) is 1.05. The van der Waals surface area contributed by atoms with Crippen molar-refractivity contribution in [3.8, 4) is 0 Å². The van der Waals surface area contributed by atoms with E-state index in [1.165, 1.54) is 26.4 Å². The van der Waals surface area contributed by atoms with Crippen LogP contribution < -0.4 is 0 Å². The lowest BCUT2D eigenvalue weighted by molar-refractivity contribution is -0.147. The fourth-order valence-corrected chi connectivity index (χ4v) is 2.68. The maximum Gasteiger partial charge on any atom is 0.308 e. The van der Waals surface area contributed by atoms with Gasteiger partial charge in [-0.15, -0.1) is 0 Å².